The normalized spacial score (nSPS) is 21.6. The van der Waals surface area contributed by atoms with Crippen molar-refractivity contribution >= 4 is 11.8 Å². The summed E-state index contributed by atoms with van der Waals surface area (Å²) in [5.74, 6) is 0.481. The van der Waals surface area contributed by atoms with E-state index in [-0.39, 0.29) is 0 Å². The lowest BCUT2D eigenvalue weighted by Crippen LogP contribution is -2.36. The van der Waals surface area contributed by atoms with Crippen LogP contribution < -0.4 is 0 Å². The van der Waals surface area contributed by atoms with Gasteiger partial charge in [-0.3, -0.25) is 4.90 Å². The minimum Gasteiger partial charge on any atom is -0.396 e. The zero-order chi connectivity index (χ0) is 12.1. The zero-order valence-electron chi connectivity index (χ0n) is 10.4. The summed E-state index contributed by atoms with van der Waals surface area (Å²) in [5, 5.41) is 9.21. The van der Waals surface area contributed by atoms with Crippen molar-refractivity contribution in [3.05, 3.63) is 29.8 Å². The first-order valence-corrected chi connectivity index (χ1v) is 7.50. The average Bonchev–Trinajstić information content (AvgIpc) is 2.40. The highest BCUT2D eigenvalue weighted by Crippen LogP contribution is 2.20. The fourth-order valence-electron chi connectivity index (χ4n) is 2.43. The summed E-state index contributed by atoms with van der Waals surface area (Å²) in [6.45, 7) is 3.56. The van der Waals surface area contributed by atoms with Crippen molar-refractivity contribution in [1.82, 2.24) is 4.90 Å². The molecule has 1 aromatic carbocycles. The smallest absolute Gasteiger partial charge is 0.0471 e. The maximum atomic E-state index is 9.21. The van der Waals surface area contributed by atoms with Crippen molar-refractivity contribution in [2.45, 2.75) is 24.3 Å². The summed E-state index contributed by atoms with van der Waals surface area (Å²) < 4.78 is 0. The molecule has 94 valence electrons. The first kappa shape index (κ1) is 12.9. The predicted molar refractivity (Wildman–Crippen MR) is 73.3 cm³/mol. The SMILES string of the molecule is CSc1ccc(CN2CCC[C@H](CO)C2)cc1. The van der Waals surface area contributed by atoms with Crippen molar-refractivity contribution in [3.63, 3.8) is 0 Å². The van der Waals surface area contributed by atoms with Gasteiger partial charge in [0, 0.05) is 24.6 Å². The Labute approximate surface area is 108 Å². The molecule has 1 atom stereocenters. The molecule has 0 unspecified atom stereocenters. The van der Waals surface area contributed by atoms with Gasteiger partial charge in [-0.05, 0) is 49.3 Å². The van der Waals surface area contributed by atoms with Gasteiger partial charge in [0.25, 0.3) is 0 Å². The Morgan fingerprint density at radius 3 is 2.76 bits per heavy atom. The molecule has 1 aromatic rings. The molecule has 1 N–H and O–H groups in total. The van der Waals surface area contributed by atoms with Crippen molar-refractivity contribution in [3.8, 4) is 0 Å². The lowest BCUT2D eigenvalue weighted by atomic mass is 9.98. The predicted octanol–water partition coefficient (Wildman–Crippen LogP) is 2.61. The number of rotatable bonds is 4. The van der Waals surface area contributed by atoms with Gasteiger partial charge in [0.05, 0.1) is 0 Å². The van der Waals surface area contributed by atoms with Crippen LogP contribution in [0.15, 0.2) is 29.2 Å². The second-order valence-electron chi connectivity index (χ2n) is 4.77. The Morgan fingerprint density at radius 2 is 2.12 bits per heavy atom. The van der Waals surface area contributed by atoms with E-state index in [2.05, 4.69) is 35.4 Å². The van der Waals surface area contributed by atoms with Crippen LogP contribution in [0.3, 0.4) is 0 Å². The number of aliphatic hydroxyl groups excluding tert-OH is 1. The van der Waals surface area contributed by atoms with Crippen LogP contribution in [0.4, 0.5) is 0 Å². The van der Waals surface area contributed by atoms with Crippen molar-refractivity contribution in [1.29, 1.82) is 0 Å². The molecule has 0 saturated carbocycles. The van der Waals surface area contributed by atoms with E-state index < -0.39 is 0 Å². The number of aliphatic hydroxyl groups is 1. The highest BCUT2D eigenvalue weighted by Gasteiger charge is 2.18. The van der Waals surface area contributed by atoms with Crippen LogP contribution in [0.5, 0.6) is 0 Å². The van der Waals surface area contributed by atoms with Crippen LogP contribution >= 0.6 is 11.8 Å². The van der Waals surface area contributed by atoms with E-state index in [1.54, 1.807) is 11.8 Å². The molecule has 1 heterocycles. The summed E-state index contributed by atoms with van der Waals surface area (Å²) in [5.41, 5.74) is 1.38. The van der Waals surface area contributed by atoms with E-state index in [9.17, 15) is 5.11 Å². The molecule has 0 spiro atoms. The Hall–Kier alpha value is -0.510. The summed E-state index contributed by atoms with van der Waals surface area (Å²) in [6.07, 6.45) is 4.50. The number of nitrogens with zero attached hydrogens (tertiary/aromatic N) is 1. The van der Waals surface area contributed by atoms with Crippen LogP contribution in [0.2, 0.25) is 0 Å². The summed E-state index contributed by atoms with van der Waals surface area (Å²) in [4.78, 5) is 3.78. The molecule has 2 rings (SSSR count). The first-order valence-electron chi connectivity index (χ1n) is 6.28. The topological polar surface area (TPSA) is 23.5 Å². The van der Waals surface area contributed by atoms with Crippen molar-refractivity contribution < 1.29 is 5.11 Å². The lowest BCUT2D eigenvalue weighted by molar-refractivity contribution is 0.116. The number of thioether (sulfide) groups is 1. The van der Waals surface area contributed by atoms with Gasteiger partial charge in [0.1, 0.15) is 0 Å². The van der Waals surface area contributed by atoms with Crippen molar-refractivity contribution in [2.75, 3.05) is 26.0 Å². The van der Waals surface area contributed by atoms with E-state index in [0.29, 0.717) is 12.5 Å². The van der Waals surface area contributed by atoms with Gasteiger partial charge in [-0.1, -0.05) is 12.1 Å². The first-order chi connectivity index (χ1) is 8.31. The molecule has 1 fully saturated rings. The summed E-state index contributed by atoms with van der Waals surface area (Å²) >= 11 is 1.78. The maximum absolute atomic E-state index is 9.21. The van der Waals surface area contributed by atoms with Crippen LogP contribution in [-0.4, -0.2) is 36.0 Å². The minimum absolute atomic E-state index is 0.335. The molecule has 0 aliphatic carbocycles. The molecular formula is C14H21NOS. The number of hydrogen-bond acceptors (Lipinski definition) is 3. The molecule has 2 nitrogen and oxygen atoms in total. The Kier molecular flexibility index (Phi) is 4.89. The molecule has 1 aliphatic rings. The van der Waals surface area contributed by atoms with Gasteiger partial charge >= 0.3 is 0 Å². The zero-order valence-corrected chi connectivity index (χ0v) is 11.2. The van der Waals surface area contributed by atoms with Crippen LogP contribution in [-0.2, 0) is 6.54 Å². The van der Waals surface area contributed by atoms with E-state index >= 15 is 0 Å². The molecule has 1 aliphatic heterocycles. The number of benzene rings is 1. The van der Waals surface area contributed by atoms with Gasteiger partial charge in [-0.25, -0.2) is 0 Å². The summed E-state index contributed by atoms with van der Waals surface area (Å²) in [6, 6.07) is 8.81. The average molecular weight is 251 g/mol. The molecule has 17 heavy (non-hydrogen) atoms. The molecule has 3 heteroatoms. The largest absolute Gasteiger partial charge is 0.396 e. The minimum atomic E-state index is 0.335. The Balaban J connectivity index is 1.90. The van der Waals surface area contributed by atoms with Crippen LogP contribution in [0.25, 0.3) is 0 Å². The monoisotopic (exact) mass is 251 g/mol. The van der Waals surface area contributed by atoms with E-state index in [1.165, 1.54) is 29.8 Å². The number of hydrogen-bond donors (Lipinski definition) is 1. The molecule has 0 bridgehead atoms. The van der Waals surface area contributed by atoms with Crippen molar-refractivity contribution in [2.24, 2.45) is 5.92 Å². The van der Waals surface area contributed by atoms with Crippen LogP contribution in [0.1, 0.15) is 18.4 Å². The third-order valence-electron chi connectivity index (χ3n) is 3.43. The quantitative estimate of drug-likeness (QED) is 0.832. The second kappa shape index (κ2) is 6.43. The Bertz CT molecular complexity index is 339. The van der Waals surface area contributed by atoms with Gasteiger partial charge in [-0.15, -0.1) is 11.8 Å². The van der Waals surface area contributed by atoms with Gasteiger partial charge < -0.3 is 5.11 Å². The number of likely N-dealkylation sites (tertiary alicyclic amines) is 1. The van der Waals surface area contributed by atoms with E-state index in [0.717, 1.165) is 13.1 Å². The highest BCUT2D eigenvalue weighted by molar-refractivity contribution is 7.98. The molecule has 1 saturated heterocycles. The lowest BCUT2D eigenvalue weighted by Gasteiger charge is -2.31. The fraction of sp³-hybridized carbons (Fsp3) is 0.571. The van der Waals surface area contributed by atoms with E-state index in [1.807, 2.05) is 0 Å². The third-order valence-corrected chi connectivity index (χ3v) is 4.17. The third kappa shape index (κ3) is 3.73. The van der Waals surface area contributed by atoms with E-state index in [4.69, 9.17) is 0 Å². The van der Waals surface area contributed by atoms with Crippen LogP contribution in [0, 0.1) is 5.92 Å². The summed E-state index contributed by atoms with van der Waals surface area (Å²) in [7, 11) is 0. The molecular weight excluding hydrogens is 230 g/mol. The standard InChI is InChI=1S/C14H21NOS/c1-17-14-6-4-12(5-7-14)9-15-8-2-3-13(10-15)11-16/h4-7,13,16H,2-3,8-11H2,1H3/t13-/m0/s1. The highest BCUT2D eigenvalue weighted by atomic mass is 32.2. The Morgan fingerprint density at radius 1 is 1.35 bits per heavy atom. The van der Waals surface area contributed by atoms with Gasteiger partial charge in [0.15, 0.2) is 0 Å². The maximum Gasteiger partial charge on any atom is 0.0471 e. The van der Waals surface area contributed by atoms with Gasteiger partial charge in [-0.2, -0.15) is 0 Å². The molecule has 0 amide bonds. The molecule has 0 aromatic heterocycles. The van der Waals surface area contributed by atoms with Gasteiger partial charge in [0.2, 0.25) is 0 Å². The number of piperidine rings is 1. The molecule has 0 radical (unpaired) electrons. The fourth-order valence-corrected chi connectivity index (χ4v) is 2.84. The second-order valence-corrected chi connectivity index (χ2v) is 5.65.